The van der Waals surface area contributed by atoms with Crippen molar-refractivity contribution >= 4 is 50.3 Å². The quantitative estimate of drug-likeness (QED) is 0.693. The van der Waals surface area contributed by atoms with Crippen molar-refractivity contribution < 1.29 is 14.3 Å². The third kappa shape index (κ3) is 3.24. The normalized spacial score (nSPS) is 12.1. The highest BCUT2D eigenvalue weighted by molar-refractivity contribution is 7.22. The van der Waals surface area contributed by atoms with Crippen LogP contribution in [0.1, 0.15) is 13.8 Å². The largest absolute Gasteiger partial charge is 0.453 e. The van der Waals surface area contributed by atoms with Crippen LogP contribution < -0.4 is 5.32 Å². The molecular formula is C15H13ClN4O3S. The van der Waals surface area contributed by atoms with Gasteiger partial charge in [-0.15, -0.1) is 0 Å². The predicted octanol–water partition coefficient (Wildman–Crippen LogP) is 3.23. The number of aromatic nitrogens is 3. The van der Waals surface area contributed by atoms with E-state index in [4.69, 9.17) is 16.3 Å². The first-order valence-corrected chi connectivity index (χ1v) is 8.23. The lowest BCUT2D eigenvalue weighted by molar-refractivity contribution is -0.150. The third-order valence-electron chi connectivity index (χ3n) is 3.20. The first kappa shape index (κ1) is 16.4. The number of ether oxygens (including phenoxy) is 1. The van der Waals surface area contributed by atoms with Crippen LogP contribution in [0.15, 0.2) is 24.3 Å². The molecule has 0 saturated heterocycles. The standard InChI is InChI=1S/C15H13ClN4O3S/c1-7(23-8(2)21)14(22)18-15-17-13-12(24-15)11(19-20-13)9-5-3-4-6-10(9)16/h3-7H,1-2H3,(H2,17,18,19,20,22)/t7-/m0/s1. The van der Waals surface area contributed by atoms with Crippen LogP contribution in [0.5, 0.6) is 0 Å². The van der Waals surface area contributed by atoms with Gasteiger partial charge in [-0.25, -0.2) is 0 Å². The molecule has 1 atom stereocenters. The number of carbonyl (C=O) groups excluding carboxylic acids is 2. The summed E-state index contributed by atoms with van der Waals surface area (Å²) in [6.45, 7) is 2.74. The number of rotatable bonds is 4. The second-order valence-electron chi connectivity index (χ2n) is 4.99. The van der Waals surface area contributed by atoms with Crippen LogP contribution in [-0.2, 0) is 14.3 Å². The number of H-pyrrole nitrogens is 1. The van der Waals surface area contributed by atoms with E-state index in [1.54, 1.807) is 6.07 Å². The van der Waals surface area contributed by atoms with Crippen LogP contribution in [0.25, 0.3) is 21.6 Å². The molecule has 24 heavy (non-hydrogen) atoms. The van der Waals surface area contributed by atoms with Crippen molar-refractivity contribution in [1.29, 1.82) is 0 Å². The predicted molar refractivity (Wildman–Crippen MR) is 92.1 cm³/mol. The Bertz CT molecular complexity index is 920. The fourth-order valence-electron chi connectivity index (χ4n) is 2.12. The molecule has 0 aliphatic carbocycles. The summed E-state index contributed by atoms with van der Waals surface area (Å²) in [5.41, 5.74) is 2.02. The first-order valence-electron chi connectivity index (χ1n) is 7.03. The van der Waals surface area contributed by atoms with Gasteiger partial charge in [-0.3, -0.25) is 20.0 Å². The molecule has 1 amide bonds. The number of halogens is 1. The number of thiazole rings is 1. The van der Waals surface area contributed by atoms with E-state index in [9.17, 15) is 9.59 Å². The molecular weight excluding hydrogens is 352 g/mol. The lowest BCUT2D eigenvalue weighted by atomic mass is 10.1. The summed E-state index contributed by atoms with van der Waals surface area (Å²) in [5, 5.41) is 10.6. The number of anilines is 1. The van der Waals surface area contributed by atoms with Gasteiger partial charge in [0, 0.05) is 17.5 Å². The summed E-state index contributed by atoms with van der Waals surface area (Å²) in [4.78, 5) is 27.1. The molecule has 0 aliphatic heterocycles. The smallest absolute Gasteiger partial charge is 0.303 e. The Morgan fingerprint density at radius 3 is 2.83 bits per heavy atom. The van der Waals surface area contributed by atoms with E-state index >= 15 is 0 Å². The van der Waals surface area contributed by atoms with Crippen molar-refractivity contribution in [1.82, 2.24) is 15.2 Å². The minimum atomic E-state index is -0.900. The Morgan fingerprint density at radius 2 is 2.12 bits per heavy atom. The van der Waals surface area contributed by atoms with Crippen molar-refractivity contribution in [2.75, 3.05) is 5.32 Å². The number of nitrogens with one attached hydrogen (secondary N) is 2. The van der Waals surface area contributed by atoms with E-state index in [-0.39, 0.29) is 0 Å². The van der Waals surface area contributed by atoms with Gasteiger partial charge in [0.15, 0.2) is 16.9 Å². The van der Waals surface area contributed by atoms with Gasteiger partial charge in [0.1, 0.15) is 4.70 Å². The summed E-state index contributed by atoms with van der Waals surface area (Å²) in [6.07, 6.45) is -0.900. The van der Waals surface area contributed by atoms with Crippen LogP contribution in [0, 0.1) is 0 Å². The molecule has 2 heterocycles. The topological polar surface area (TPSA) is 97.0 Å². The van der Waals surface area contributed by atoms with Gasteiger partial charge in [-0.05, 0) is 13.0 Å². The number of benzene rings is 1. The summed E-state index contributed by atoms with van der Waals surface area (Å²) < 4.78 is 5.61. The molecule has 2 N–H and O–H groups in total. The van der Waals surface area contributed by atoms with Crippen molar-refractivity contribution in [3.63, 3.8) is 0 Å². The van der Waals surface area contributed by atoms with E-state index in [0.717, 1.165) is 16.0 Å². The van der Waals surface area contributed by atoms with Gasteiger partial charge in [0.05, 0.1) is 5.69 Å². The fourth-order valence-corrected chi connectivity index (χ4v) is 3.27. The van der Waals surface area contributed by atoms with E-state index in [0.29, 0.717) is 15.8 Å². The molecule has 0 saturated carbocycles. The molecule has 0 aliphatic rings. The molecule has 2 aromatic heterocycles. The van der Waals surface area contributed by atoms with Gasteiger partial charge in [-0.1, -0.05) is 41.1 Å². The molecule has 0 fully saturated rings. The molecule has 0 bridgehead atoms. The number of hydrogen-bond donors (Lipinski definition) is 2. The molecule has 0 unspecified atom stereocenters. The Morgan fingerprint density at radius 1 is 1.38 bits per heavy atom. The Balaban J connectivity index is 1.87. The van der Waals surface area contributed by atoms with Crippen LogP contribution in [0.4, 0.5) is 5.13 Å². The van der Waals surface area contributed by atoms with Gasteiger partial charge >= 0.3 is 5.97 Å². The maximum atomic E-state index is 12.0. The third-order valence-corrected chi connectivity index (χ3v) is 4.50. The number of fused-ring (bicyclic) bond motifs is 1. The molecule has 3 rings (SSSR count). The van der Waals surface area contributed by atoms with E-state index in [1.165, 1.54) is 25.2 Å². The number of esters is 1. The maximum absolute atomic E-state index is 12.0. The fraction of sp³-hybridized carbons (Fsp3) is 0.200. The van der Waals surface area contributed by atoms with Crippen LogP contribution >= 0.6 is 22.9 Å². The Labute approximate surface area is 146 Å². The SMILES string of the molecule is CC(=O)O[C@@H](C)C(=O)Nc1nc2n[nH]c(-c3ccccc3Cl)c2s1. The van der Waals surface area contributed by atoms with E-state index < -0.39 is 18.0 Å². The Kier molecular flexibility index (Phi) is 4.50. The number of nitrogens with zero attached hydrogens (tertiary/aromatic N) is 2. The minimum absolute atomic E-state index is 0.374. The summed E-state index contributed by atoms with van der Waals surface area (Å²) in [6, 6.07) is 7.37. The summed E-state index contributed by atoms with van der Waals surface area (Å²) in [7, 11) is 0. The maximum Gasteiger partial charge on any atom is 0.303 e. The van der Waals surface area contributed by atoms with Crippen molar-refractivity contribution in [3.05, 3.63) is 29.3 Å². The van der Waals surface area contributed by atoms with Crippen LogP contribution in [0.3, 0.4) is 0 Å². The number of carbonyl (C=O) groups is 2. The van der Waals surface area contributed by atoms with Crippen molar-refractivity contribution in [3.8, 4) is 11.3 Å². The zero-order valence-electron chi connectivity index (χ0n) is 12.8. The highest BCUT2D eigenvalue weighted by Crippen LogP contribution is 2.36. The van der Waals surface area contributed by atoms with E-state index in [1.807, 2.05) is 18.2 Å². The van der Waals surface area contributed by atoms with Crippen molar-refractivity contribution in [2.24, 2.45) is 0 Å². The van der Waals surface area contributed by atoms with Gasteiger partial charge in [0.2, 0.25) is 0 Å². The molecule has 9 heteroatoms. The second kappa shape index (κ2) is 6.58. The van der Waals surface area contributed by atoms with Gasteiger partial charge in [0.25, 0.3) is 5.91 Å². The number of amides is 1. The second-order valence-corrected chi connectivity index (χ2v) is 6.40. The molecule has 1 aromatic carbocycles. The lowest BCUT2D eigenvalue weighted by Gasteiger charge is -2.10. The van der Waals surface area contributed by atoms with E-state index in [2.05, 4.69) is 20.5 Å². The summed E-state index contributed by atoms with van der Waals surface area (Å²) in [5.74, 6) is -0.974. The molecule has 0 radical (unpaired) electrons. The monoisotopic (exact) mass is 364 g/mol. The van der Waals surface area contributed by atoms with Crippen LogP contribution in [-0.4, -0.2) is 33.2 Å². The zero-order chi connectivity index (χ0) is 17.3. The molecule has 7 nitrogen and oxygen atoms in total. The molecule has 0 spiro atoms. The number of hydrogen-bond acceptors (Lipinski definition) is 6. The molecule has 124 valence electrons. The van der Waals surface area contributed by atoms with Gasteiger partial charge in [-0.2, -0.15) is 10.1 Å². The minimum Gasteiger partial charge on any atom is -0.453 e. The average molecular weight is 365 g/mol. The summed E-state index contributed by atoms with van der Waals surface area (Å²) >= 11 is 7.48. The lowest BCUT2D eigenvalue weighted by Crippen LogP contribution is -2.29. The zero-order valence-corrected chi connectivity index (χ0v) is 14.4. The average Bonchev–Trinajstić information content (AvgIpc) is 3.07. The first-order chi connectivity index (χ1) is 11.5. The number of aromatic amines is 1. The Hall–Kier alpha value is -2.45. The highest BCUT2D eigenvalue weighted by atomic mass is 35.5. The van der Waals surface area contributed by atoms with Gasteiger partial charge < -0.3 is 4.74 Å². The molecule has 3 aromatic rings. The van der Waals surface area contributed by atoms with Crippen LogP contribution in [0.2, 0.25) is 5.02 Å². The van der Waals surface area contributed by atoms with Crippen molar-refractivity contribution in [2.45, 2.75) is 20.0 Å². The highest BCUT2D eigenvalue weighted by Gasteiger charge is 2.20.